The largest absolute Gasteiger partial charge is 0.368 e. The maximum Gasteiger partial charge on any atom is 0.332 e. The maximum atomic E-state index is 11.5. The zero-order chi connectivity index (χ0) is 11.3. The highest BCUT2D eigenvalue weighted by Crippen LogP contribution is 2.19. The molecular formula is C10H17NO3. The van der Waals surface area contributed by atoms with Gasteiger partial charge in [0.15, 0.2) is 0 Å². The number of hydrogen-bond acceptors (Lipinski definition) is 4. The molecule has 0 aromatic rings. The summed E-state index contributed by atoms with van der Waals surface area (Å²) >= 11 is 0. The Morgan fingerprint density at radius 1 is 1.43 bits per heavy atom. The number of aldehydes is 1. The van der Waals surface area contributed by atoms with E-state index in [4.69, 9.17) is 4.84 Å². The lowest BCUT2D eigenvalue weighted by Gasteiger charge is -2.20. The van der Waals surface area contributed by atoms with Gasteiger partial charge >= 0.3 is 5.97 Å². The van der Waals surface area contributed by atoms with Crippen LogP contribution in [0.3, 0.4) is 0 Å². The van der Waals surface area contributed by atoms with Crippen molar-refractivity contribution in [3.05, 3.63) is 12.2 Å². The smallest absolute Gasteiger partial charge is 0.332 e. The first kappa shape index (κ1) is 12.8. The molecule has 0 aromatic heterocycles. The van der Waals surface area contributed by atoms with Crippen molar-refractivity contribution < 1.29 is 14.4 Å². The molecule has 0 fully saturated rings. The van der Waals surface area contributed by atoms with Crippen molar-refractivity contribution in [3.63, 3.8) is 0 Å². The molecule has 0 aliphatic carbocycles. The van der Waals surface area contributed by atoms with Gasteiger partial charge < -0.3 is 4.84 Å². The number of hydrogen-bond donors (Lipinski definition) is 0. The average Bonchev–Trinajstić information content (AvgIpc) is 2.01. The van der Waals surface area contributed by atoms with E-state index in [1.54, 1.807) is 14.1 Å². The van der Waals surface area contributed by atoms with Crippen LogP contribution < -0.4 is 0 Å². The van der Waals surface area contributed by atoms with Crippen molar-refractivity contribution in [1.82, 2.24) is 5.06 Å². The van der Waals surface area contributed by atoms with Crippen molar-refractivity contribution in [3.8, 4) is 0 Å². The van der Waals surface area contributed by atoms with Crippen LogP contribution in [0.5, 0.6) is 0 Å². The van der Waals surface area contributed by atoms with E-state index in [9.17, 15) is 9.59 Å². The molecule has 0 heterocycles. The van der Waals surface area contributed by atoms with Gasteiger partial charge in [0.2, 0.25) is 0 Å². The van der Waals surface area contributed by atoms with E-state index < -0.39 is 11.9 Å². The van der Waals surface area contributed by atoms with Gasteiger partial charge in [-0.15, -0.1) is 5.06 Å². The topological polar surface area (TPSA) is 46.6 Å². The van der Waals surface area contributed by atoms with Crippen LogP contribution in [0.25, 0.3) is 0 Å². The van der Waals surface area contributed by atoms with E-state index >= 15 is 0 Å². The van der Waals surface area contributed by atoms with Gasteiger partial charge in [-0.2, -0.15) is 0 Å². The van der Waals surface area contributed by atoms with Crippen LogP contribution >= 0.6 is 0 Å². The van der Waals surface area contributed by atoms with E-state index in [0.717, 1.165) is 0 Å². The summed E-state index contributed by atoms with van der Waals surface area (Å²) in [4.78, 5) is 26.9. The van der Waals surface area contributed by atoms with E-state index in [-0.39, 0.29) is 11.5 Å². The van der Waals surface area contributed by atoms with Gasteiger partial charge in [-0.25, -0.2) is 4.79 Å². The number of carbonyl (C=O) groups is 2. The van der Waals surface area contributed by atoms with Gasteiger partial charge in [0, 0.05) is 14.1 Å². The monoisotopic (exact) mass is 199 g/mol. The molecule has 0 N–H and O–H groups in total. The molecule has 0 amide bonds. The molecule has 1 atom stereocenters. The second kappa shape index (κ2) is 5.54. The van der Waals surface area contributed by atoms with E-state index in [1.807, 2.05) is 13.8 Å². The Kier molecular flexibility index (Phi) is 5.09. The fourth-order valence-corrected chi connectivity index (χ4v) is 1.16. The minimum atomic E-state index is -0.560. The van der Waals surface area contributed by atoms with E-state index in [1.165, 1.54) is 5.06 Å². The SMILES string of the molecule is C=C(C=O)C(C(=O)ON(C)C)C(C)C. The second-order valence-electron chi connectivity index (χ2n) is 3.64. The first-order valence-corrected chi connectivity index (χ1v) is 4.43. The maximum absolute atomic E-state index is 11.5. The summed E-state index contributed by atoms with van der Waals surface area (Å²) < 4.78 is 0. The Labute approximate surface area is 84.5 Å². The first-order chi connectivity index (χ1) is 6.40. The normalized spacial score (nSPS) is 12.7. The Morgan fingerprint density at radius 3 is 2.21 bits per heavy atom. The highest BCUT2D eigenvalue weighted by molar-refractivity contribution is 5.86. The number of hydroxylamine groups is 2. The zero-order valence-electron chi connectivity index (χ0n) is 9.11. The summed E-state index contributed by atoms with van der Waals surface area (Å²) in [6.07, 6.45) is 0.599. The van der Waals surface area contributed by atoms with Crippen LogP contribution in [0.2, 0.25) is 0 Å². The molecule has 14 heavy (non-hydrogen) atoms. The predicted octanol–water partition coefficient (Wildman–Crippen LogP) is 1.03. The average molecular weight is 199 g/mol. The van der Waals surface area contributed by atoms with Crippen LogP contribution in [0.15, 0.2) is 12.2 Å². The minimum Gasteiger partial charge on any atom is -0.368 e. The standard InChI is InChI=1S/C10H17NO3/c1-7(2)9(8(3)6-12)10(13)14-11(4)5/h6-7,9H,3H2,1-2,4-5H3. The quantitative estimate of drug-likeness (QED) is 0.377. The van der Waals surface area contributed by atoms with Crippen molar-refractivity contribution in [2.24, 2.45) is 11.8 Å². The molecule has 1 unspecified atom stereocenters. The molecule has 0 rings (SSSR count). The molecule has 0 bridgehead atoms. The van der Waals surface area contributed by atoms with Crippen molar-refractivity contribution in [2.75, 3.05) is 14.1 Å². The molecule has 0 spiro atoms. The predicted molar refractivity (Wildman–Crippen MR) is 53.3 cm³/mol. The minimum absolute atomic E-state index is 0.000139. The molecule has 0 aliphatic heterocycles. The molecular weight excluding hydrogens is 182 g/mol. The lowest BCUT2D eigenvalue weighted by Crippen LogP contribution is -2.29. The Balaban J connectivity index is 4.58. The number of carbonyl (C=O) groups excluding carboxylic acids is 2. The van der Waals surface area contributed by atoms with Crippen LogP contribution in [0.4, 0.5) is 0 Å². The van der Waals surface area contributed by atoms with Crippen LogP contribution in [0.1, 0.15) is 13.8 Å². The second-order valence-corrected chi connectivity index (χ2v) is 3.64. The highest BCUT2D eigenvalue weighted by atomic mass is 16.7. The summed E-state index contributed by atoms with van der Waals surface area (Å²) in [7, 11) is 3.22. The van der Waals surface area contributed by atoms with Crippen LogP contribution in [0, 0.1) is 11.8 Å². The molecule has 0 aromatic carbocycles. The van der Waals surface area contributed by atoms with Gasteiger partial charge in [0.1, 0.15) is 6.29 Å². The van der Waals surface area contributed by atoms with Gasteiger partial charge in [-0.3, -0.25) is 4.79 Å². The van der Waals surface area contributed by atoms with Gasteiger partial charge in [-0.05, 0) is 11.5 Å². The molecule has 4 heteroatoms. The molecule has 0 radical (unpaired) electrons. The Bertz CT molecular complexity index is 234. The van der Waals surface area contributed by atoms with Gasteiger partial charge in [0.25, 0.3) is 0 Å². The Hall–Kier alpha value is -1.16. The first-order valence-electron chi connectivity index (χ1n) is 4.43. The van der Waals surface area contributed by atoms with Crippen molar-refractivity contribution >= 4 is 12.3 Å². The van der Waals surface area contributed by atoms with Gasteiger partial charge in [-0.1, -0.05) is 20.4 Å². The lowest BCUT2D eigenvalue weighted by atomic mass is 9.90. The number of rotatable bonds is 5. The third-order valence-electron chi connectivity index (χ3n) is 1.74. The zero-order valence-corrected chi connectivity index (χ0v) is 9.11. The molecule has 4 nitrogen and oxygen atoms in total. The highest BCUT2D eigenvalue weighted by Gasteiger charge is 2.27. The third-order valence-corrected chi connectivity index (χ3v) is 1.74. The molecule has 0 aliphatic rings. The molecule has 0 saturated carbocycles. The fourth-order valence-electron chi connectivity index (χ4n) is 1.16. The van der Waals surface area contributed by atoms with Crippen LogP contribution in [-0.2, 0) is 14.4 Å². The Morgan fingerprint density at radius 2 is 1.93 bits per heavy atom. The van der Waals surface area contributed by atoms with Gasteiger partial charge in [0.05, 0.1) is 5.92 Å². The van der Waals surface area contributed by atoms with E-state index in [0.29, 0.717) is 6.29 Å². The summed E-state index contributed by atoms with van der Waals surface area (Å²) in [5.74, 6) is -1.00. The summed E-state index contributed by atoms with van der Waals surface area (Å²) in [6, 6.07) is 0. The van der Waals surface area contributed by atoms with Crippen LogP contribution in [-0.4, -0.2) is 31.4 Å². The number of nitrogens with zero attached hydrogens (tertiary/aromatic N) is 1. The summed E-state index contributed by atoms with van der Waals surface area (Å²) in [5.41, 5.74) is 0.256. The molecule has 0 saturated heterocycles. The van der Waals surface area contributed by atoms with Crippen molar-refractivity contribution in [2.45, 2.75) is 13.8 Å². The van der Waals surface area contributed by atoms with Crippen molar-refractivity contribution in [1.29, 1.82) is 0 Å². The lowest BCUT2D eigenvalue weighted by molar-refractivity contribution is -0.183. The molecule has 80 valence electrons. The summed E-state index contributed by atoms with van der Waals surface area (Å²) in [5, 5.41) is 1.30. The third kappa shape index (κ3) is 3.70. The fraction of sp³-hybridized carbons (Fsp3) is 0.600. The summed E-state index contributed by atoms with van der Waals surface area (Å²) in [6.45, 7) is 7.22. The van der Waals surface area contributed by atoms with E-state index in [2.05, 4.69) is 6.58 Å².